The summed E-state index contributed by atoms with van der Waals surface area (Å²) in [6.07, 6.45) is 2.78. The van der Waals surface area contributed by atoms with Gasteiger partial charge in [0.25, 0.3) is 0 Å². The molecule has 0 bridgehead atoms. The van der Waals surface area contributed by atoms with Gasteiger partial charge in [-0.3, -0.25) is 0 Å². The topological polar surface area (TPSA) is 18.5 Å². The van der Waals surface area contributed by atoms with E-state index in [9.17, 15) is 0 Å². The first-order valence-electron chi connectivity index (χ1n) is 6.88. The van der Waals surface area contributed by atoms with Crippen molar-refractivity contribution in [2.75, 3.05) is 6.61 Å². The molecule has 0 heterocycles. The molecule has 1 saturated carbocycles. The smallest absolute Gasteiger partial charge is 0.0635 e. The Hall–Kier alpha value is -0.0800. The van der Waals surface area contributed by atoms with Crippen LogP contribution in [0.15, 0.2) is 0 Å². The van der Waals surface area contributed by atoms with Gasteiger partial charge in [0.05, 0.1) is 23.9 Å². The molecule has 1 rings (SSSR count). The summed E-state index contributed by atoms with van der Waals surface area (Å²) < 4.78 is 12.1. The summed E-state index contributed by atoms with van der Waals surface area (Å²) in [7, 11) is 0. The average molecular weight is 242 g/mol. The molecule has 1 fully saturated rings. The normalized spacial score (nSPS) is 30.9. The Morgan fingerprint density at radius 3 is 2.00 bits per heavy atom. The summed E-state index contributed by atoms with van der Waals surface area (Å²) in [4.78, 5) is 0. The standard InChI is InChI=1S/C15H30O2/c1-11-8-12(10-16-14(2,3)4)13(9-11)17-15(5,6)7/h11-13H,8-10H2,1-7H3. The molecule has 0 aromatic heterocycles. The van der Waals surface area contributed by atoms with Gasteiger partial charge in [-0.05, 0) is 60.3 Å². The molecule has 102 valence electrons. The van der Waals surface area contributed by atoms with Gasteiger partial charge in [-0.2, -0.15) is 0 Å². The molecule has 0 radical (unpaired) electrons. The molecule has 0 saturated heterocycles. The van der Waals surface area contributed by atoms with Gasteiger partial charge in [0.1, 0.15) is 0 Å². The molecule has 0 aromatic carbocycles. The lowest BCUT2D eigenvalue weighted by Crippen LogP contribution is -2.33. The first-order valence-corrected chi connectivity index (χ1v) is 6.88. The minimum absolute atomic E-state index is 0.0435. The number of rotatable bonds is 3. The summed E-state index contributed by atoms with van der Waals surface area (Å²) in [5.41, 5.74) is -0.0905. The van der Waals surface area contributed by atoms with Gasteiger partial charge in [0, 0.05) is 5.92 Å². The maximum absolute atomic E-state index is 6.17. The Morgan fingerprint density at radius 1 is 0.941 bits per heavy atom. The Labute approximate surface area is 107 Å². The van der Waals surface area contributed by atoms with Crippen molar-refractivity contribution in [1.29, 1.82) is 0 Å². The first-order chi connectivity index (χ1) is 7.57. The SMILES string of the molecule is CC1CC(COC(C)(C)C)C(OC(C)(C)C)C1. The maximum atomic E-state index is 6.17. The van der Waals surface area contributed by atoms with Gasteiger partial charge in [0.2, 0.25) is 0 Å². The molecule has 2 heteroatoms. The Kier molecular flexibility index (Phi) is 4.65. The van der Waals surface area contributed by atoms with Gasteiger partial charge < -0.3 is 9.47 Å². The third-order valence-electron chi connectivity index (χ3n) is 3.10. The highest BCUT2D eigenvalue weighted by Gasteiger charge is 2.36. The van der Waals surface area contributed by atoms with Gasteiger partial charge in [-0.15, -0.1) is 0 Å². The zero-order valence-corrected chi connectivity index (χ0v) is 12.7. The Balaban J connectivity index is 2.51. The first kappa shape index (κ1) is 15.0. The van der Waals surface area contributed by atoms with Crippen LogP contribution in [0.3, 0.4) is 0 Å². The highest BCUT2D eigenvalue weighted by molar-refractivity contribution is 4.84. The number of hydrogen-bond acceptors (Lipinski definition) is 2. The summed E-state index contributed by atoms with van der Waals surface area (Å²) in [6.45, 7) is 15.9. The van der Waals surface area contributed by atoms with Crippen LogP contribution < -0.4 is 0 Å². The molecular formula is C15H30O2. The highest BCUT2D eigenvalue weighted by Crippen LogP contribution is 2.36. The summed E-state index contributed by atoms with van der Waals surface area (Å²) in [5, 5.41) is 0. The van der Waals surface area contributed by atoms with Gasteiger partial charge >= 0.3 is 0 Å². The second-order valence-electron chi connectivity index (χ2n) is 7.53. The number of ether oxygens (including phenoxy) is 2. The number of hydrogen-bond donors (Lipinski definition) is 0. The predicted molar refractivity (Wildman–Crippen MR) is 72.2 cm³/mol. The van der Waals surface area contributed by atoms with Crippen LogP contribution in [0.25, 0.3) is 0 Å². The van der Waals surface area contributed by atoms with Crippen LogP contribution in [-0.4, -0.2) is 23.9 Å². The fourth-order valence-electron chi connectivity index (χ4n) is 2.48. The summed E-state index contributed by atoms with van der Waals surface area (Å²) >= 11 is 0. The van der Waals surface area contributed by atoms with Crippen molar-refractivity contribution in [2.24, 2.45) is 11.8 Å². The van der Waals surface area contributed by atoms with Crippen molar-refractivity contribution < 1.29 is 9.47 Å². The van der Waals surface area contributed by atoms with E-state index in [0.29, 0.717) is 12.0 Å². The van der Waals surface area contributed by atoms with Crippen LogP contribution in [0.5, 0.6) is 0 Å². The molecule has 2 nitrogen and oxygen atoms in total. The van der Waals surface area contributed by atoms with Gasteiger partial charge in [0.15, 0.2) is 0 Å². The second-order valence-corrected chi connectivity index (χ2v) is 7.53. The van der Waals surface area contributed by atoms with Crippen LogP contribution in [0, 0.1) is 11.8 Å². The largest absolute Gasteiger partial charge is 0.375 e. The lowest BCUT2D eigenvalue weighted by Gasteiger charge is -2.30. The quantitative estimate of drug-likeness (QED) is 0.744. The molecule has 0 aromatic rings. The van der Waals surface area contributed by atoms with E-state index in [-0.39, 0.29) is 11.2 Å². The van der Waals surface area contributed by atoms with Crippen LogP contribution >= 0.6 is 0 Å². The van der Waals surface area contributed by atoms with E-state index in [1.807, 2.05) is 0 Å². The Morgan fingerprint density at radius 2 is 1.53 bits per heavy atom. The van der Waals surface area contributed by atoms with E-state index >= 15 is 0 Å². The zero-order valence-electron chi connectivity index (χ0n) is 12.7. The average Bonchev–Trinajstić information content (AvgIpc) is 2.38. The summed E-state index contributed by atoms with van der Waals surface area (Å²) in [5.74, 6) is 1.32. The molecule has 0 N–H and O–H groups in total. The van der Waals surface area contributed by atoms with Gasteiger partial charge in [-0.25, -0.2) is 0 Å². The fraction of sp³-hybridized carbons (Fsp3) is 1.00. The van der Waals surface area contributed by atoms with Crippen molar-refractivity contribution >= 4 is 0 Å². The Bertz CT molecular complexity index is 234. The predicted octanol–water partition coefficient (Wildman–Crippen LogP) is 4.03. The second kappa shape index (κ2) is 5.27. The van der Waals surface area contributed by atoms with E-state index in [1.54, 1.807) is 0 Å². The molecule has 3 atom stereocenters. The monoisotopic (exact) mass is 242 g/mol. The maximum Gasteiger partial charge on any atom is 0.0635 e. The molecule has 1 aliphatic carbocycles. The van der Waals surface area contributed by atoms with Crippen LogP contribution in [0.4, 0.5) is 0 Å². The highest BCUT2D eigenvalue weighted by atomic mass is 16.5. The molecule has 0 amide bonds. The third kappa shape index (κ3) is 5.87. The van der Waals surface area contributed by atoms with Crippen molar-refractivity contribution in [2.45, 2.75) is 78.6 Å². The molecule has 3 unspecified atom stereocenters. The molecule has 0 aliphatic heterocycles. The third-order valence-corrected chi connectivity index (χ3v) is 3.10. The van der Waals surface area contributed by atoms with Crippen LogP contribution in [-0.2, 0) is 9.47 Å². The van der Waals surface area contributed by atoms with E-state index in [1.165, 1.54) is 12.8 Å². The molecule has 1 aliphatic rings. The van der Waals surface area contributed by atoms with Crippen molar-refractivity contribution in [3.05, 3.63) is 0 Å². The zero-order chi connectivity index (χ0) is 13.3. The molecular weight excluding hydrogens is 212 g/mol. The summed E-state index contributed by atoms with van der Waals surface area (Å²) in [6, 6.07) is 0. The molecule has 17 heavy (non-hydrogen) atoms. The van der Waals surface area contributed by atoms with E-state index in [4.69, 9.17) is 9.47 Å². The lowest BCUT2D eigenvalue weighted by molar-refractivity contribution is -0.103. The van der Waals surface area contributed by atoms with E-state index in [2.05, 4.69) is 48.5 Å². The van der Waals surface area contributed by atoms with E-state index in [0.717, 1.165) is 12.5 Å². The fourth-order valence-corrected chi connectivity index (χ4v) is 2.48. The van der Waals surface area contributed by atoms with Crippen LogP contribution in [0.2, 0.25) is 0 Å². The van der Waals surface area contributed by atoms with Crippen molar-refractivity contribution in [1.82, 2.24) is 0 Å². The van der Waals surface area contributed by atoms with Crippen LogP contribution in [0.1, 0.15) is 61.3 Å². The van der Waals surface area contributed by atoms with Crippen molar-refractivity contribution in [3.8, 4) is 0 Å². The van der Waals surface area contributed by atoms with Crippen molar-refractivity contribution in [3.63, 3.8) is 0 Å². The molecule has 0 spiro atoms. The van der Waals surface area contributed by atoms with Gasteiger partial charge in [-0.1, -0.05) is 6.92 Å². The minimum Gasteiger partial charge on any atom is -0.375 e. The minimum atomic E-state index is -0.0469. The lowest BCUT2D eigenvalue weighted by atomic mass is 10.0. The van der Waals surface area contributed by atoms with E-state index < -0.39 is 0 Å².